The molecule has 0 radical (unpaired) electrons. The first-order valence-corrected chi connectivity index (χ1v) is 7.06. The van der Waals surface area contributed by atoms with Gasteiger partial charge in [0.1, 0.15) is 0 Å². The Morgan fingerprint density at radius 2 is 2.25 bits per heavy atom. The molecular weight excluding hydrogens is 238 g/mol. The van der Waals surface area contributed by atoms with E-state index < -0.39 is 0 Å². The van der Waals surface area contributed by atoms with E-state index in [2.05, 4.69) is 44.5 Å². The molecule has 1 aromatic heterocycles. The molecule has 1 fully saturated rings. The SMILES string of the molecule is CC(C)(C)NCC1CC1(C)c1csc(Cl)c1. The lowest BCUT2D eigenvalue weighted by atomic mass is 9.98. The molecule has 1 aromatic rings. The molecule has 2 unspecified atom stereocenters. The van der Waals surface area contributed by atoms with Crippen molar-refractivity contribution in [3.63, 3.8) is 0 Å². The zero-order valence-corrected chi connectivity index (χ0v) is 12.0. The van der Waals surface area contributed by atoms with Crippen LogP contribution in [0.25, 0.3) is 0 Å². The third kappa shape index (κ3) is 2.61. The van der Waals surface area contributed by atoms with Crippen molar-refractivity contribution in [2.24, 2.45) is 5.92 Å². The number of hydrogen-bond donors (Lipinski definition) is 1. The highest BCUT2D eigenvalue weighted by Gasteiger charge is 2.51. The van der Waals surface area contributed by atoms with Crippen molar-refractivity contribution in [1.82, 2.24) is 5.32 Å². The van der Waals surface area contributed by atoms with E-state index in [1.807, 2.05) is 0 Å². The van der Waals surface area contributed by atoms with E-state index in [1.165, 1.54) is 12.0 Å². The number of thiophene rings is 1. The quantitative estimate of drug-likeness (QED) is 0.861. The summed E-state index contributed by atoms with van der Waals surface area (Å²) in [6.45, 7) is 10.1. The maximum atomic E-state index is 5.99. The van der Waals surface area contributed by atoms with Gasteiger partial charge in [-0.2, -0.15) is 0 Å². The highest BCUT2D eigenvalue weighted by atomic mass is 35.5. The van der Waals surface area contributed by atoms with Crippen LogP contribution in [-0.2, 0) is 5.41 Å². The van der Waals surface area contributed by atoms with Crippen LogP contribution in [0.15, 0.2) is 11.4 Å². The van der Waals surface area contributed by atoms with E-state index in [-0.39, 0.29) is 5.54 Å². The highest BCUT2D eigenvalue weighted by molar-refractivity contribution is 7.14. The Morgan fingerprint density at radius 3 is 2.75 bits per heavy atom. The molecule has 90 valence electrons. The van der Waals surface area contributed by atoms with Gasteiger partial charge in [-0.05, 0) is 62.1 Å². The molecule has 0 spiro atoms. The summed E-state index contributed by atoms with van der Waals surface area (Å²) in [7, 11) is 0. The summed E-state index contributed by atoms with van der Waals surface area (Å²) in [4.78, 5) is 0. The fourth-order valence-corrected chi connectivity index (χ4v) is 3.17. The Morgan fingerprint density at radius 1 is 1.56 bits per heavy atom. The molecule has 0 bridgehead atoms. The summed E-state index contributed by atoms with van der Waals surface area (Å²) in [5.41, 5.74) is 2.00. The van der Waals surface area contributed by atoms with Crippen LogP contribution < -0.4 is 5.32 Å². The molecule has 1 aliphatic carbocycles. The molecule has 2 rings (SSSR count). The van der Waals surface area contributed by atoms with Gasteiger partial charge in [-0.25, -0.2) is 0 Å². The Bertz CT molecular complexity index is 380. The molecule has 0 aliphatic heterocycles. The van der Waals surface area contributed by atoms with E-state index in [1.54, 1.807) is 11.3 Å². The molecule has 0 amide bonds. The number of rotatable bonds is 3. The van der Waals surface area contributed by atoms with E-state index in [9.17, 15) is 0 Å². The maximum absolute atomic E-state index is 5.99. The van der Waals surface area contributed by atoms with Crippen LogP contribution in [0.1, 0.15) is 39.7 Å². The van der Waals surface area contributed by atoms with Crippen LogP contribution in [0.4, 0.5) is 0 Å². The van der Waals surface area contributed by atoms with Crippen molar-refractivity contribution in [1.29, 1.82) is 0 Å². The van der Waals surface area contributed by atoms with Gasteiger partial charge in [-0.3, -0.25) is 0 Å². The van der Waals surface area contributed by atoms with E-state index in [0.29, 0.717) is 5.41 Å². The van der Waals surface area contributed by atoms with Crippen LogP contribution in [0, 0.1) is 5.92 Å². The van der Waals surface area contributed by atoms with Crippen molar-refractivity contribution < 1.29 is 0 Å². The van der Waals surface area contributed by atoms with Gasteiger partial charge in [0.05, 0.1) is 4.34 Å². The second kappa shape index (κ2) is 4.01. The smallest absolute Gasteiger partial charge is 0.0931 e. The van der Waals surface area contributed by atoms with E-state index in [0.717, 1.165) is 16.8 Å². The molecule has 1 N–H and O–H groups in total. The topological polar surface area (TPSA) is 12.0 Å². The normalized spacial score (nSPS) is 29.4. The molecule has 1 saturated carbocycles. The Labute approximate surface area is 107 Å². The standard InChI is InChI=1S/C13H20ClNS/c1-12(2,3)15-7-10-6-13(10,4)9-5-11(14)16-8-9/h5,8,10,15H,6-7H2,1-4H3. The van der Waals surface area contributed by atoms with Crippen molar-refractivity contribution in [3.05, 3.63) is 21.3 Å². The van der Waals surface area contributed by atoms with E-state index >= 15 is 0 Å². The van der Waals surface area contributed by atoms with Gasteiger partial charge >= 0.3 is 0 Å². The van der Waals surface area contributed by atoms with Crippen molar-refractivity contribution in [2.45, 2.75) is 45.1 Å². The van der Waals surface area contributed by atoms with E-state index in [4.69, 9.17) is 11.6 Å². The average Bonchev–Trinajstić information content (AvgIpc) is 2.59. The average molecular weight is 258 g/mol. The second-order valence-corrected chi connectivity index (χ2v) is 7.63. The van der Waals surface area contributed by atoms with Gasteiger partial charge in [-0.1, -0.05) is 18.5 Å². The van der Waals surface area contributed by atoms with Crippen LogP contribution in [-0.4, -0.2) is 12.1 Å². The predicted octanol–water partition coefficient (Wildman–Crippen LogP) is 4.07. The summed E-state index contributed by atoms with van der Waals surface area (Å²) in [5.74, 6) is 0.761. The molecule has 16 heavy (non-hydrogen) atoms. The summed E-state index contributed by atoms with van der Waals surface area (Å²) < 4.78 is 0.908. The molecule has 1 nitrogen and oxygen atoms in total. The number of nitrogens with one attached hydrogen (secondary N) is 1. The van der Waals surface area contributed by atoms with Gasteiger partial charge < -0.3 is 5.32 Å². The summed E-state index contributed by atoms with van der Waals surface area (Å²) in [6.07, 6.45) is 1.28. The van der Waals surface area contributed by atoms with Crippen LogP contribution in [0.2, 0.25) is 4.34 Å². The third-order valence-electron chi connectivity index (χ3n) is 3.52. The third-order valence-corrected chi connectivity index (χ3v) is 4.61. The Hall–Kier alpha value is -0.0500. The predicted molar refractivity (Wildman–Crippen MR) is 72.5 cm³/mol. The molecule has 2 atom stereocenters. The minimum absolute atomic E-state index is 0.218. The molecule has 1 aliphatic rings. The fraction of sp³-hybridized carbons (Fsp3) is 0.692. The second-order valence-electron chi connectivity index (χ2n) is 6.09. The minimum Gasteiger partial charge on any atom is -0.312 e. The minimum atomic E-state index is 0.218. The highest BCUT2D eigenvalue weighted by Crippen LogP contribution is 2.54. The zero-order chi connectivity index (χ0) is 12.0. The first-order valence-electron chi connectivity index (χ1n) is 5.81. The molecular formula is C13H20ClNS. The fourth-order valence-electron chi connectivity index (χ4n) is 2.14. The lowest BCUT2D eigenvalue weighted by Gasteiger charge is -2.21. The largest absolute Gasteiger partial charge is 0.312 e. The molecule has 0 aromatic carbocycles. The van der Waals surface area contributed by atoms with Crippen LogP contribution in [0.5, 0.6) is 0 Å². The van der Waals surface area contributed by atoms with Crippen molar-refractivity contribution >= 4 is 22.9 Å². The number of halogens is 1. The molecule has 0 saturated heterocycles. The zero-order valence-electron chi connectivity index (χ0n) is 10.4. The molecule has 3 heteroatoms. The maximum Gasteiger partial charge on any atom is 0.0931 e. The lowest BCUT2D eigenvalue weighted by Crippen LogP contribution is -2.37. The van der Waals surface area contributed by atoms with Crippen molar-refractivity contribution in [2.75, 3.05) is 6.54 Å². The first-order chi connectivity index (χ1) is 7.31. The van der Waals surface area contributed by atoms with Crippen LogP contribution in [0.3, 0.4) is 0 Å². The van der Waals surface area contributed by atoms with Gasteiger partial charge in [-0.15, -0.1) is 11.3 Å². The van der Waals surface area contributed by atoms with Crippen LogP contribution >= 0.6 is 22.9 Å². The van der Waals surface area contributed by atoms with Gasteiger partial charge in [0.25, 0.3) is 0 Å². The Kier molecular flexibility index (Phi) is 3.11. The Balaban J connectivity index is 1.94. The lowest BCUT2D eigenvalue weighted by molar-refractivity contribution is 0.406. The first kappa shape index (κ1) is 12.4. The van der Waals surface area contributed by atoms with Crippen molar-refractivity contribution in [3.8, 4) is 0 Å². The van der Waals surface area contributed by atoms with Gasteiger partial charge in [0.15, 0.2) is 0 Å². The van der Waals surface area contributed by atoms with Gasteiger partial charge in [0, 0.05) is 5.54 Å². The summed E-state index contributed by atoms with van der Waals surface area (Å²) in [5, 5.41) is 5.79. The number of hydrogen-bond acceptors (Lipinski definition) is 2. The monoisotopic (exact) mass is 257 g/mol. The molecule has 1 heterocycles. The summed E-state index contributed by atoms with van der Waals surface area (Å²) >= 11 is 7.64. The summed E-state index contributed by atoms with van der Waals surface area (Å²) in [6, 6.07) is 2.13. The van der Waals surface area contributed by atoms with Gasteiger partial charge in [0.2, 0.25) is 0 Å².